The van der Waals surface area contributed by atoms with Gasteiger partial charge in [-0.15, -0.1) is 6.42 Å². The van der Waals surface area contributed by atoms with Crippen molar-refractivity contribution in [1.82, 2.24) is 15.1 Å². The second-order valence-electron chi connectivity index (χ2n) is 4.90. The number of rotatable bonds is 5. The third kappa shape index (κ3) is 3.14. The average Bonchev–Trinajstić information content (AvgIpc) is 3.04. The van der Waals surface area contributed by atoms with Gasteiger partial charge in [-0.3, -0.25) is 4.79 Å². The summed E-state index contributed by atoms with van der Waals surface area (Å²) in [7, 11) is 0. The van der Waals surface area contributed by atoms with Crippen LogP contribution >= 0.6 is 0 Å². The molecule has 4 nitrogen and oxygen atoms in total. The highest BCUT2D eigenvalue weighted by molar-refractivity contribution is 5.94. The highest BCUT2D eigenvalue weighted by atomic mass is 16.1. The molecule has 0 fully saturated rings. The summed E-state index contributed by atoms with van der Waals surface area (Å²) in [5.41, 5.74) is 0.817. The van der Waals surface area contributed by atoms with Crippen molar-refractivity contribution >= 4 is 5.91 Å². The van der Waals surface area contributed by atoms with E-state index in [0.717, 1.165) is 5.69 Å². The summed E-state index contributed by atoms with van der Waals surface area (Å²) in [4.78, 5) is 12.3. The second kappa shape index (κ2) is 6.27. The lowest BCUT2D eigenvalue weighted by Gasteiger charge is -2.26. The highest BCUT2D eigenvalue weighted by Crippen LogP contribution is 2.15. The Bertz CT molecular complexity index is 648. The van der Waals surface area contributed by atoms with Crippen LogP contribution in [0.5, 0.6) is 0 Å². The van der Waals surface area contributed by atoms with Gasteiger partial charge in [-0.1, -0.05) is 38.0 Å². The van der Waals surface area contributed by atoms with Crippen LogP contribution in [0.1, 0.15) is 37.0 Å². The van der Waals surface area contributed by atoms with Crippen LogP contribution in [0.3, 0.4) is 0 Å². The van der Waals surface area contributed by atoms with E-state index in [1.54, 1.807) is 17.1 Å². The summed E-state index contributed by atoms with van der Waals surface area (Å²) < 4.78 is 1.67. The topological polar surface area (TPSA) is 46.9 Å². The van der Waals surface area contributed by atoms with Crippen molar-refractivity contribution in [2.45, 2.75) is 32.2 Å². The van der Waals surface area contributed by atoms with E-state index < -0.39 is 5.54 Å². The first-order valence-corrected chi connectivity index (χ1v) is 7.04. The number of nitrogens with one attached hydrogen (secondary N) is 1. The molecule has 1 aromatic heterocycles. The molecule has 1 aromatic carbocycles. The minimum absolute atomic E-state index is 0.196. The van der Waals surface area contributed by atoms with Gasteiger partial charge in [0.25, 0.3) is 5.91 Å². The minimum atomic E-state index is -0.591. The van der Waals surface area contributed by atoms with Crippen molar-refractivity contribution in [2.75, 3.05) is 0 Å². The van der Waals surface area contributed by atoms with Crippen LogP contribution in [0.4, 0.5) is 0 Å². The van der Waals surface area contributed by atoms with E-state index in [0.29, 0.717) is 18.4 Å². The Hall–Kier alpha value is -2.54. The maximum absolute atomic E-state index is 12.3. The van der Waals surface area contributed by atoms with E-state index >= 15 is 0 Å². The Morgan fingerprint density at radius 1 is 1.33 bits per heavy atom. The summed E-state index contributed by atoms with van der Waals surface area (Å²) in [6, 6.07) is 9.64. The van der Waals surface area contributed by atoms with Gasteiger partial charge in [0.15, 0.2) is 0 Å². The molecule has 2 rings (SSSR count). The van der Waals surface area contributed by atoms with E-state index in [4.69, 9.17) is 6.42 Å². The molecule has 0 aliphatic carbocycles. The van der Waals surface area contributed by atoms with Crippen molar-refractivity contribution in [3.05, 3.63) is 48.3 Å². The van der Waals surface area contributed by atoms with E-state index in [9.17, 15) is 4.79 Å². The van der Waals surface area contributed by atoms with Gasteiger partial charge in [-0.25, -0.2) is 4.68 Å². The number of aromatic nitrogens is 2. The van der Waals surface area contributed by atoms with Crippen LogP contribution in [-0.4, -0.2) is 21.2 Å². The largest absolute Gasteiger partial charge is 0.336 e. The molecule has 1 N–H and O–H groups in total. The van der Waals surface area contributed by atoms with E-state index in [1.165, 1.54) is 0 Å². The van der Waals surface area contributed by atoms with Gasteiger partial charge < -0.3 is 5.32 Å². The Morgan fingerprint density at radius 2 is 2.00 bits per heavy atom. The van der Waals surface area contributed by atoms with Crippen LogP contribution in [-0.2, 0) is 0 Å². The zero-order valence-corrected chi connectivity index (χ0v) is 12.3. The van der Waals surface area contributed by atoms with Crippen molar-refractivity contribution in [3.8, 4) is 18.0 Å². The fourth-order valence-corrected chi connectivity index (χ4v) is 2.12. The molecule has 108 valence electrons. The average molecular weight is 281 g/mol. The number of amides is 1. The number of hydrogen-bond donors (Lipinski definition) is 1. The number of nitrogens with zero attached hydrogens (tertiary/aromatic N) is 2. The van der Waals surface area contributed by atoms with Gasteiger partial charge in [-0.2, -0.15) is 5.10 Å². The van der Waals surface area contributed by atoms with E-state index in [1.807, 2.05) is 44.2 Å². The minimum Gasteiger partial charge on any atom is -0.336 e. The Labute approximate surface area is 125 Å². The summed E-state index contributed by atoms with van der Waals surface area (Å²) in [5.74, 6) is 2.50. The monoisotopic (exact) mass is 281 g/mol. The first-order chi connectivity index (χ1) is 10.1. The molecule has 0 atom stereocenters. The predicted octanol–water partition coefficient (Wildman–Crippen LogP) is 2.79. The van der Waals surface area contributed by atoms with Crippen molar-refractivity contribution < 1.29 is 4.79 Å². The molecule has 4 heteroatoms. The molecule has 0 radical (unpaired) electrons. The molecule has 2 aromatic rings. The molecule has 1 heterocycles. The highest BCUT2D eigenvalue weighted by Gasteiger charge is 2.26. The molecule has 0 unspecified atom stereocenters. The first kappa shape index (κ1) is 14.9. The lowest BCUT2D eigenvalue weighted by Crippen LogP contribution is -2.46. The van der Waals surface area contributed by atoms with Gasteiger partial charge >= 0.3 is 0 Å². The molecule has 0 saturated heterocycles. The molecule has 0 saturated carbocycles. The molecular weight excluding hydrogens is 262 g/mol. The van der Waals surface area contributed by atoms with Crippen LogP contribution in [0.2, 0.25) is 0 Å². The number of hydrogen-bond acceptors (Lipinski definition) is 2. The standard InChI is InChI=1S/C17H19N3O/c1-4-17(5-2,6-3)19-16(21)14-12-18-20(13-14)15-10-8-7-9-11-15/h1,7-13H,5-6H2,2-3H3,(H,19,21). The molecule has 1 amide bonds. The predicted molar refractivity (Wildman–Crippen MR) is 83.2 cm³/mol. The normalized spacial score (nSPS) is 10.9. The molecule has 0 aliphatic heterocycles. The summed E-state index contributed by atoms with van der Waals surface area (Å²) in [6.07, 6.45) is 10.2. The molecular formula is C17H19N3O. The Kier molecular flexibility index (Phi) is 4.44. The van der Waals surface area contributed by atoms with Gasteiger partial charge in [0.2, 0.25) is 0 Å². The third-order valence-electron chi connectivity index (χ3n) is 3.70. The maximum Gasteiger partial charge on any atom is 0.255 e. The van der Waals surface area contributed by atoms with Crippen LogP contribution in [0, 0.1) is 12.3 Å². The summed E-state index contributed by atoms with van der Waals surface area (Å²) in [5, 5.41) is 7.15. The number of carbonyl (C=O) groups excluding carboxylic acids is 1. The molecule has 0 aliphatic rings. The Morgan fingerprint density at radius 3 is 2.57 bits per heavy atom. The second-order valence-corrected chi connectivity index (χ2v) is 4.90. The lowest BCUT2D eigenvalue weighted by atomic mass is 9.93. The van der Waals surface area contributed by atoms with Crippen LogP contribution in [0.25, 0.3) is 5.69 Å². The fourth-order valence-electron chi connectivity index (χ4n) is 2.12. The number of para-hydroxylation sites is 1. The molecule has 0 bridgehead atoms. The quantitative estimate of drug-likeness (QED) is 0.857. The maximum atomic E-state index is 12.3. The molecule has 21 heavy (non-hydrogen) atoms. The van der Waals surface area contributed by atoms with E-state index in [2.05, 4.69) is 16.3 Å². The van der Waals surface area contributed by atoms with Crippen molar-refractivity contribution in [1.29, 1.82) is 0 Å². The SMILES string of the molecule is C#CC(CC)(CC)NC(=O)c1cnn(-c2ccccc2)c1. The number of terminal acetylenes is 1. The summed E-state index contributed by atoms with van der Waals surface area (Å²) in [6.45, 7) is 3.94. The first-order valence-electron chi connectivity index (χ1n) is 7.04. The zero-order chi connectivity index (χ0) is 15.3. The fraction of sp³-hybridized carbons (Fsp3) is 0.294. The van der Waals surface area contributed by atoms with Crippen molar-refractivity contribution in [2.24, 2.45) is 0 Å². The van der Waals surface area contributed by atoms with Crippen LogP contribution < -0.4 is 5.32 Å². The lowest BCUT2D eigenvalue weighted by molar-refractivity contribution is 0.0916. The van der Waals surface area contributed by atoms with Gasteiger partial charge in [0.1, 0.15) is 5.54 Å². The Balaban J connectivity index is 2.19. The van der Waals surface area contributed by atoms with Crippen molar-refractivity contribution in [3.63, 3.8) is 0 Å². The third-order valence-corrected chi connectivity index (χ3v) is 3.70. The van der Waals surface area contributed by atoms with Gasteiger partial charge in [0, 0.05) is 6.20 Å². The van der Waals surface area contributed by atoms with E-state index in [-0.39, 0.29) is 5.91 Å². The number of benzene rings is 1. The molecule has 0 spiro atoms. The van der Waals surface area contributed by atoms with Gasteiger partial charge in [-0.05, 0) is 25.0 Å². The zero-order valence-electron chi connectivity index (χ0n) is 12.3. The number of carbonyl (C=O) groups is 1. The van der Waals surface area contributed by atoms with Gasteiger partial charge in [0.05, 0.1) is 17.4 Å². The van der Waals surface area contributed by atoms with Crippen LogP contribution in [0.15, 0.2) is 42.7 Å². The smallest absolute Gasteiger partial charge is 0.255 e. The summed E-state index contributed by atoms with van der Waals surface area (Å²) >= 11 is 0.